The Labute approximate surface area is 233 Å². The number of hydrogen-bond donors (Lipinski definition) is 3. The molecule has 216 valence electrons. The van der Waals surface area contributed by atoms with E-state index in [2.05, 4.69) is 20.7 Å². The molecule has 2 aromatic rings. The van der Waals surface area contributed by atoms with Crippen LogP contribution in [0.4, 0.5) is 5.69 Å². The third-order valence-electron chi connectivity index (χ3n) is 6.69. The van der Waals surface area contributed by atoms with Crippen molar-refractivity contribution < 1.29 is 33.3 Å². The molecule has 40 heavy (non-hydrogen) atoms. The highest BCUT2D eigenvalue weighted by Crippen LogP contribution is 2.50. The van der Waals surface area contributed by atoms with Crippen LogP contribution in [-0.4, -0.2) is 59.3 Å². The Morgan fingerprint density at radius 2 is 1.70 bits per heavy atom. The molecule has 0 bridgehead atoms. The number of amides is 2. The molecule has 1 unspecified atom stereocenters. The van der Waals surface area contributed by atoms with E-state index in [1.165, 1.54) is 21.1 Å². The summed E-state index contributed by atoms with van der Waals surface area (Å²) in [6.07, 6.45) is 1.99. The number of rotatable bonds is 12. The van der Waals surface area contributed by atoms with Gasteiger partial charge in [-0.05, 0) is 54.2 Å². The van der Waals surface area contributed by atoms with Gasteiger partial charge in [0, 0.05) is 32.0 Å². The van der Waals surface area contributed by atoms with Crippen molar-refractivity contribution in [2.75, 3.05) is 46.8 Å². The first kappa shape index (κ1) is 30.3. The maximum absolute atomic E-state index is 13.3. The Morgan fingerprint density at radius 3 is 2.35 bits per heavy atom. The molecule has 0 spiro atoms. The van der Waals surface area contributed by atoms with Gasteiger partial charge in [0.1, 0.15) is 0 Å². The minimum absolute atomic E-state index is 0.108. The number of carbonyl (C=O) groups excluding carboxylic acids is 3. The topological polar surface area (TPSA) is 141 Å². The molecular formula is C29H37N3O8. The van der Waals surface area contributed by atoms with Crippen molar-refractivity contribution in [1.82, 2.24) is 10.6 Å². The highest BCUT2D eigenvalue weighted by atomic mass is 16.5. The zero-order chi connectivity index (χ0) is 29.2. The monoisotopic (exact) mass is 555 g/mol. The van der Waals surface area contributed by atoms with E-state index in [0.29, 0.717) is 54.3 Å². The fourth-order valence-corrected chi connectivity index (χ4v) is 4.82. The van der Waals surface area contributed by atoms with Crippen molar-refractivity contribution >= 4 is 23.5 Å². The van der Waals surface area contributed by atoms with E-state index in [9.17, 15) is 19.2 Å². The smallest absolute Gasteiger partial charge is 0.307 e. The van der Waals surface area contributed by atoms with Crippen molar-refractivity contribution in [3.05, 3.63) is 45.6 Å². The second-order valence-electron chi connectivity index (χ2n) is 9.30. The van der Waals surface area contributed by atoms with Crippen LogP contribution in [0.3, 0.4) is 0 Å². The molecule has 0 saturated carbocycles. The van der Waals surface area contributed by atoms with Gasteiger partial charge in [0.25, 0.3) is 0 Å². The van der Waals surface area contributed by atoms with Crippen LogP contribution in [0.5, 0.6) is 17.2 Å². The summed E-state index contributed by atoms with van der Waals surface area (Å²) in [5.41, 5.74) is 3.23. The fraction of sp³-hybridized carbons (Fsp3) is 0.448. The van der Waals surface area contributed by atoms with Crippen molar-refractivity contribution in [1.29, 1.82) is 0 Å². The number of nitrogens with one attached hydrogen (secondary N) is 3. The zero-order valence-corrected chi connectivity index (χ0v) is 23.6. The Bertz CT molecular complexity index is 1310. The van der Waals surface area contributed by atoms with Crippen LogP contribution >= 0.6 is 0 Å². The SMILES string of the molecule is COC(=O)CCNC(=O)CCCNc1ccc2c(cc1=O)C(NC(C)=O)CCc1cc(OC)c(OC)c(OC)c1-2. The summed E-state index contributed by atoms with van der Waals surface area (Å²) in [6.45, 7) is 2.04. The van der Waals surface area contributed by atoms with Crippen molar-refractivity contribution in [2.24, 2.45) is 0 Å². The van der Waals surface area contributed by atoms with E-state index in [1.807, 2.05) is 12.1 Å². The van der Waals surface area contributed by atoms with Crippen LogP contribution in [0.15, 0.2) is 29.1 Å². The molecule has 1 aliphatic rings. The molecule has 3 rings (SSSR count). The lowest BCUT2D eigenvalue weighted by Gasteiger charge is -2.19. The maximum Gasteiger partial charge on any atom is 0.307 e. The van der Waals surface area contributed by atoms with Crippen LogP contribution in [0.25, 0.3) is 11.1 Å². The van der Waals surface area contributed by atoms with Gasteiger partial charge in [-0.25, -0.2) is 0 Å². The molecule has 2 aromatic carbocycles. The maximum atomic E-state index is 13.3. The second kappa shape index (κ2) is 14.2. The number of ether oxygens (including phenoxy) is 4. The summed E-state index contributed by atoms with van der Waals surface area (Å²) in [6, 6.07) is 6.59. The number of aryl methyl sites for hydroxylation is 1. The number of benzene rings is 1. The number of anilines is 1. The molecule has 0 aromatic heterocycles. The number of fused-ring (bicyclic) bond motifs is 3. The van der Waals surface area contributed by atoms with E-state index >= 15 is 0 Å². The van der Waals surface area contributed by atoms with Gasteiger partial charge in [-0.15, -0.1) is 0 Å². The third-order valence-corrected chi connectivity index (χ3v) is 6.69. The van der Waals surface area contributed by atoms with E-state index in [0.717, 1.165) is 16.7 Å². The lowest BCUT2D eigenvalue weighted by atomic mass is 9.95. The predicted octanol–water partition coefficient (Wildman–Crippen LogP) is 2.73. The number of hydrogen-bond acceptors (Lipinski definition) is 9. The lowest BCUT2D eigenvalue weighted by Crippen LogP contribution is -2.27. The van der Waals surface area contributed by atoms with E-state index in [4.69, 9.17) is 14.2 Å². The lowest BCUT2D eigenvalue weighted by molar-refractivity contribution is -0.140. The van der Waals surface area contributed by atoms with Crippen LogP contribution in [0, 0.1) is 0 Å². The zero-order valence-electron chi connectivity index (χ0n) is 23.6. The molecule has 1 atom stereocenters. The molecule has 11 nitrogen and oxygen atoms in total. The Morgan fingerprint density at radius 1 is 0.950 bits per heavy atom. The minimum Gasteiger partial charge on any atom is -0.493 e. The average Bonchev–Trinajstić information content (AvgIpc) is 3.18. The van der Waals surface area contributed by atoms with Gasteiger partial charge in [0.05, 0.1) is 46.6 Å². The Balaban J connectivity index is 1.92. The molecular weight excluding hydrogens is 518 g/mol. The number of methoxy groups -OCH3 is 4. The van der Waals surface area contributed by atoms with Gasteiger partial charge in [-0.1, -0.05) is 6.07 Å². The van der Waals surface area contributed by atoms with Gasteiger partial charge >= 0.3 is 5.97 Å². The molecule has 0 aliphatic heterocycles. The first-order valence-corrected chi connectivity index (χ1v) is 13.1. The first-order valence-electron chi connectivity index (χ1n) is 13.1. The van der Waals surface area contributed by atoms with Gasteiger partial charge in [0.2, 0.25) is 23.0 Å². The highest BCUT2D eigenvalue weighted by Gasteiger charge is 2.29. The highest BCUT2D eigenvalue weighted by molar-refractivity contribution is 5.84. The summed E-state index contributed by atoms with van der Waals surface area (Å²) < 4.78 is 21.5. The standard InChI is InChI=1S/C29H37N3O8/c1-17(33)32-21-10-8-18-15-24(37-2)28(39-4)29(40-5)27(18)19-9-11-22(23(34)16-20(19)21)30-13-6-7-25(35)31-14-12-26(36)38-3/h9,11,15-16,21H,6-8,10,12-14H2,1-5H3,(H,30,34)(H,31,35)(H,32,33). The normalized spacial score (nSPS) is 13.6. The summed E-state index contributed by atoms with van der Waals surface area (Å²) in [5.74, 6) is 0.659. The summed E-state index contributed by atoms with van der Waals surface area (Å²) >= 11 is 0. The van der Waals surface area contributed by atoms with Crippen molar-refractivity contribution in [3.8, 4) is 28.4 Å². The minimum atomic E-state index is -0.400. The molecule has 2 amide bonds. The van der Waals surface area contributed by atoms with Crippen molar-refractivity contribution in [3.63, 3.8) is 0 Å². The molecule has 0 saturated heterocycles. The van der Waals surface area contributed by atoms with E-state index < -0.39 is 6.04 Å². The van der Waals surface area contributed by atoms with Crippen LogP contribution in [0.2, 0.25) is 0 Å². The molecule has 0 fully saturated rings. The largest absolute Gasteiger partial charge is 0.493 e. The second-order valence-corrected chi connectivity index (χ2v) is 9.30. The summed E-state index contributed by atoms with van der Waals surface area (Å²) in [4.78, 5) is 48.6. The molecule has 3 N–H and O–H groups in total. The molecule has 0 radical (unpaired) electrons. The van der Waals surface area contributed by atoms with Crippen molar-refractivity contribution in [2.45, 2.75) is 45.1 Å². The molecule has 11 heteroatoms. The summed E-state index contributed by atoms with van der Waals surface area (Å²) in [5, 5.41) is 8.78. The van der Waals surface area contributed by atoms with Crippen LogP contribution < -0.4 is 35.6 Å². The average molecular weight is 556 g/mol. The van der Waals surface area contributed by atoms with Gasteiger partial charge in [-0.3, -0.25) is 19.2 Å². The van der Waals surface area contributed by atoms with Crippen LogP contribution in [-0.2, 0) is 25.5 Å². The molecule has 1 aliphatic carbocycles. The van der Waals surface area contributed by atoms with E-state index in [1.54, 1.807) is 26.4 Å². The predicted molar refractivity (Wildman–Crippen MR) is 150 cm³/mol. The summed E-state index contributed by atoms with van der Waals surface area (Å²) in [7, 11) is 5.94. The number of esters is 1. The van der Waals surface area contributed by atoms with Crippen LogP contribution in [0.1, 0.15) is 49.8 Å². The fourth-order valence-electron chi connectivity index (χ4n) is 4.82. The van der Waals surface area contributed by atoms with Gasteiger partial charge in [0.15, 0.2) is 11.5 Å². The van der Waals surface area contributed by atoms with E-state index in [-0.39, 0.29) is 42.6 Å². The Kier molecular flexibility index (Phi) is 10.7. The quantitative estimate of drug-likeness (QED) is 0.266. The first-order chi connectivity index (χ1) is 19.2. The Hall–Kier alpha value is -4.28. The van der Waals surface area contributed by atoms with Gasteiger partial charge in [-0.2, -0.15) is 0 Å². The molecule has 0 heterocycles. The number of carbonyl (C=O) groups is 3. The third kappa shape index (κ3) is 7.22. The van der Waals surface area contributed by atoms with Gasteiger partial charge < -0.3 is 34.9 Å².